The molecular weight excluding hydrogens is 583 g/mol. The van der Waals surface area contributed by atoms with Crippen LogP contribution in [0.2, 0.25) is 0 Å². The van der Waals surface area contributed by atoms with Gasteiger partial charge in [0, 0.05) is 17.5 Å². The van der Waals surface area contributed by atoms with Crippen LogP contribution in [0.5, 0.6) is 5.75 Å². The van der Waals surface area contributed by atoms with E-state index >= 15 is 0 Å². The van der Waals surface area contributed by atoms with E-state index in [-0.39, 0.29) is 37.9 Å². The Labute approximate surface area is 245 Å². The Balaban J connectivity index is 0.000000673. The molecule has 0 saturated carbocycles. The number of rotatable bonds is 14. The summed E-state index contributed by atoms with van der Waals surface area (Å²) in [6.07, 6.45) is 0.783. The molecule has 1 amide bonds. The van der Waals surface area contributed by atoms with Crippen molar-refractivity contribution in [2.75, 3.05) is 70.3 Å². The molecule has 0 radical (unpaired) electrons. The van der Waals surface area contributed by atoms with E-state index in [4.69, 9.17) is 31.4 Å². The largest absolute Gasteiger partial charge is 0.497 e. The second-order valence-electron chi connectivity index (χ2n) is 8.50. The molecule has 1 aromatic rings. The highest BCUT2D eigenvalue weighted by molar-refractivity contribution is 8.27. The Morgan fingerprint density at radius 3 is 2.28 bits per heavy atom. The van der Waals surface area contributed by atoms with Gasteiger partial charge in [0.15, 0.2) is 0 Å². The number of carbonyl (C=O) groups is 1. The van der Waals surface area contributed by atoms with Crippen LogP contribution >= 0.6 is 35.7 Å². The number of hydrogen-bond donors (Lipinski definition) is 2. The molecule has 14 heteroatoms. The van der Waals surface area contributed by atoms with Gasteiger partial charge in [-0.1, -0.05) is 56.5 Å². The fraction of sp³-hybridized carbons (Fsp3) is 0.600. The molecule has 1 fully saturated rings. The second-order valence-corrected chi connectivity index (χ2v) is 12.7. The Bertz CT molecular complexity index is 1110. The summed E-state index contributed by atoms with van der Waals surface area (Å²) in [5.41, 5.74) is 0.868. The number of aliphatic hydroxyl groups is 1. The highest BCUT2D eigenvalue weighted by Gasteiger charge is 2.39. The van der Waals surface area contributed by atoms with Gasteiger partial charge in [-0.05, 0) is 44.6 Å². The lowest BCUT2D eigenvalue weighted by Crippen LogP contribution is -2.32. The van der Waals surface area contributed by atoms with Crippen LogP contribution < -0.4 is 9.64 Å². The van der Waals surface area contributed by atoms with Crippen LogP contribution in [-0.2, 0) is 19.6 Å². The van der Waals surface area contributed by atoms with Crippen molar-refractivity contribution in [1.82, 2.24) is 9.80 Å². The number of aliphatic hydroxyl groups excluding tert-OH is 1. The zero-order chi connectivity index (χ0) is 29.0. The molecule has 2 aliphatic heterocycles. The SMILES string of the molecule is CCN(CC)CC.COc1ccc2c(c1)N(CCCCS(=O)(=O)O)/C(=C1\SC(=S)N(CCOCCO)C1=O)S2. The monoisotopic (exact) mass is 621 g/mol. The number of amides is 1. The van der Waals surface area contributed by atoms with Crippen molar-refractivity contribution in [2.45, 2.75) is 38.5 Å². The van der Waals surface area contributed by atoms with Crippen molar-refractivity contribution in [2.24, 2.45) is 0 Å². The summed E-state index contributed by atoms with van der Waals surface area (Å²) in [7, 11) is -2.45. The first-order valence-corrected chi connectivity index (χ1v) is 16.5. The van der Waals surface area contributed by atoms with Crippen molar-refractivity contribution in [3.63, 3.8) is 0 Å². The lowest BCUT2D eigenvalue weighted by atomic mass is 10.2. The molecule has 0 aromatic heterocycles. The third-order valence-electron chi connectivity index (χ3n) is 6.02. The Morgan fingerprint density at radius 2 is 1.72 bits per heavy atom. The number of thioether (sulfide) groups is 2. The number of carbonyl (C=O) groups excluding carboxylic acids is 1. The van der Waals surface area contributed by atoms with E-state index < -0.39 is 10.1 Å². The van der Waals surface area contributed by atoms with Crippen molar-refractivity contribution < 1.29 is 32.3 Å². The van der Waals surface area contributed by atoms with Crippen molar-refractivity contribution >= 4 is 61.8 Å². The Hall–Kier alpha value is -1.39. The molecule has 0 aliphatic carbocycles. The number of nitrogens with zero attached hydrogens (tertiary/aromatic N) is 3. The molecule has 0 spiro atoms. The summed E-state index contributed by atoms with van der Waals surface area (Å²) in [6, 6.07) is 5.64. The molecule has 0 unspecified atom stereocenters. The zero-order valence-electron chi connectivity index (χ0n) is 22.9. The molecule has 1 saturated heterocycles. The number of anilines is 1. The third-order valence-corrected chi connectivity index (χ3v) is 9.58. The summed E-state index contributed by atoms with van der Waals surface area (Å²) in [5, 5.41) is 9.56. The maximum absolute atomic E-state index is 13.1. The van der Waals surface area contributed by atoms with Crippen LogP contribution in [-0.4, -0.2) is 104 Å². The van der Waals surface area contributed by atoms with Gasteiger partial charge in [-0.2, -0.15) is 8.42 Å². The van der Waals surface area contributed by atoms with E-state index in [9.17, 15) is 13.2 Å². The van der Waals surface area contributed by atoms with E-state index in [0.29, 0.717) is 34.5 Å². The van der Waals surface area contributed by atoms with Gasteiger partial charge in [0.2, 0.25) is 0 Å². The molecular formula is C25H39N3O7S4. The Morgan fingerprint density at radius 1 is 1.03 bits per heavy atom. The minimum absolute atomic E-state index is 0.0899. The number of unbranched alkanes of at least 4 members (excludes halogenated alkanes) is 1. The number of ether oxygens (including phenoxy) is 2. The molecule has 39 heavy (non-hydrogen) atoms. The smallest absolute Gasteiger partial charge is 0.268 e. The maximum Gasteiger partial charge on any atom is 0.268 e. The van der Waals surface area contributed by atoms with Gasteiger partial charge in [-0.3, -0.25) is 14.2 Å². The summed E-state index contributed by atoms with van der Waals surface area (Å²) in [4.78, 5) is 20.4. The van der Waals surface area contributed by atoms with Crippen molar-refractivity contribution in [3.8, 4) is 5.75 Å². The number of hydrogen-bond acceptors (Lipinski definition) is 11. The van der Waals surface area contributed by atoms with E-state index in [1.807, 2.05) is 23.1 Å². The first kappa shape index (κ1) is 33.8. The van der Waals surface area contributed by atoms with E-state index in [1.54, 1.807) is 7.11 Å². The summed E-state index contributed by atoms with van der Waals surface area (Å²) in [6.45, 7) is 11.2. The standard InChI is InChI=1S/C19H24N2O7S4.C6H15N/c1-27-13-4-5-15-14(12-13)20(6-2-3-11-32(24,25)26)18(30-15)16-17(23)21(19(29)31-16)7-9-28-10-8-22;1-4-7(5-2)6-3/h4-5,12,22H,2-3,6-11H2,1H3,(H,24,25,26);4-6H2,1-3H3/b18-16+;. The summed E-state index contributed by atoms with van der Waals surface area (Å²) < 4.78 is 42.1. The maximum atomic E-state index is 13.1. The highest BCUT2D eigenvalue weighted by atomic mass is 32.2. The molecule has 2 aliphatic rings. The van der Waals surface area contributed by atoms with Crippen molar-refractivity contribution in [1.29, 1.82) is 0 Å². The fourth-order valence-electron chi connectivity index (χ4n) is 3.85. The number of methoxy groups -OCH3 is 1. The third kappa shape index (κ3) is 10.2. The van der Waals surface area contributed by atoms with Crippen LogP contribution in [0, 0.1) is 0 Å². The van der Waals surface area contributed by atoms with Crippen LogP contribution in [0.3, 0.4) is 0 Å². The molecule has 3 rings (SSSR count). The minimum atomic E-state index is -4.02. The quantitative estimate of drug-likeness (QED) is 0.137. The van der Waals surface area contributed by atoms with Gasteiger partial charge >= 0.3 is 0 Å². The van der Waals surface area contributed by atoms with Crippen LogP contribution in [0.15, 0.2) is 33.0 Å². The molecule has 1 aromatic carbocycles. The molecule has 220 valence electrons. The average Bonchev–Trinajstić information content (AvgIpc) is 3.40. The highest BCUT2D eigenvalue weighted by Crippen LogP contribution is 2.51. The van der Waals surface area contributed by atoms with Crippen LogP contribution in [0.1, 0.15) is 33.6 Å². The lowest BCUT2D eigenvalue weighted by Gasteiger charge is -2.22. The first-order valence-electron chi connectivity index (χ1n) is 12.9. The van der Waals surface area contributed by atoms with Crippen LogP contribution in [0.25, 0.3) is 0 Å². The number of benzene rings is 1. The average molecular weight is 622 g/mol. The van der Waals surface area contributed by atoms with Gasteiger partial charge in [0.1, 0.15) is 20.0 Å². The second kappa shape index (κ2) is 16.8. The summed E-state index contributed by atoms with van der Waals surface area (Å²) >= 11 is 8.08. The van der Waals surface area contributed by atoms with Crippen LogP contribution in [0.4, 0.5) is 5.69 Å². The van der Waals surface area contributed by atoms with Crippen molar-refractivity contribution in [3.05, 3.63) is 28.1 Å². The molecule has 2 N–H and O–H groups in total. The minimum Gasteiger partial charge on any atom is -0.497 e. The molecule has 0 bridgehead atoms. The van der Waals surface area contributed by atoms with Gasteiger partial charge in [-0.25, -0.2) is 0 Å². The summed E-state index contributed by atoms with van der Waals surface area (Å²) in [5.74, 6) is 0.143. The van der Waals surface area contributed by atoms with E-state index in [0.717, 1.165) is 15.6 Å². The fourth-order valence-corrected chi connectivity index (χ4v) is 7.04. The predicted molar refractivity (Wildman–Crippen MR) is 162 cm³/mol. The van der Waals surface area contributed by atoms with Gasteiger partial charge < -0.3 is 24.4 Å². The Kier molecular flexibility index (Phi) is 14.5. The topological polar surface area (TPSA) is 120 Å². The number of fused-ring (bicyclic) bond motifs is 1. The first-order chi connectivity index (χ1) is 18.6. The predicted octanol–water partition coefficient (Wildman–Crippen LogP) is 3.66. The van der Waals surface area contributed by atoms with E-state index in [1.165, 1.54) is 48.1 Å². The normalized spacial score (nSPS) is 17.1. The molecule has 2 heterocycles. The molecule has 10 nitrogen and oxygen atoms in total. The van der Waals surface area contributed by atoms with Gasteiger partial charge in [0.05, 0.1) is 44.9 Å². The van der Waals surface area contributed by atoms with Gasteiger partial charge in [-0.15, -0.1) is 0 Å². The van der Waals surface area contributed by atoms with E-state index in [2.05, 4.69) is 25.7 Å². The number of thiocarbonyl (C=S) groups is 1. The zero-order valence-corrected chi connectivity index (χ0v) is 26.2. The lowest BCUT2D eigenvalue weighted by molar-refractivity contribution is -0.122. The van der Waals surface area contributed by atoms with Gasteiger partial charge in [0.25, 0.3) is 16.0 Å². The molecule has 0 atom stereocenters.